The van der Waals surface area contributed by atoms with Gasteiger partial charge < -0.3 is 4.74 Å². The minimum atomic E-state index is -3.41. The predicted molar refractivity (Wildman–Crippen MR) is 87.7 cm³/mol. The first-order valence-corrected chi connectivity index (χ1v) is 9.09. The number of ether oxygens (including phenoxy) is 1. The second-order valence-corrected chi connectivity index (χ2v) is 7.84. The van der Waals surface area contributed by atoms with Gasteiger partial charge in [0.25, 0.3) is 0 Å². The molecule has 1 aromatic rings. The fraction of sp³-hybridized carbons (Fsp3) is 0.625. The van der Waals surface area contributed by atoms with E-state index in [-0.39, 0.29) is 0 Å². The minimum Gasteiger partial charge on any atom is -0.383 e. The number of hydrogen-bond acceptors (Lipinski definition) is 4. The summed E-state index contributed by atoms with van der Waals surface area (Å²) in [7, 11) is -1.72. The second-order valence-electron chi connectivity index (χ2n) is 5.97. The van der Waals surface area contributed by atoms with Crippen molar-refractivity contribution in [2.24, 2.45) is 0 Å². The van der Waals surface area contributed by atoms with Crippen molar-refractivity contribution in [1.29, 1.82) is 0 Å². The van der Waals surface area contributed by atoms with E-state index >= 15 is 0 Å². The van der Waals surface area contributed by atoms with Gasteiger partial charge >= 0.3 is 0 Å². The Morgan fingerprint density at radius 3 is 2.09 bits per heavy atom. The molecule has 5 nitrogen and oxygen atoms in total. The van der Waals surface area contributed by atoms with Gasteiger partial charge in [-0.3, -0.25) is 4.90 Å². The number of benzene rings is 1. The van der Waals surface area contributed by atoms with Crippen LogP contribution in [0, 0.1) is 20.8 Å². The molecule has 1 aliphatic rings. The first-order chi connectivity index (χ1) is 10.4. The molecule has 2 rings (SSSR count). The van der Waals surface area contributed by atoms with Crippen molar-refractivity contribution in [2.75, 3.05) is 46.4 Å². The van der Waals surface area contributed by atoms with Crippen LogP contribution in [0.3, 0.4) is 0 Å². The van der Waals surface area contributed by atoms with Gasteiger partial charge in [0.1, 0.15) is 0 Å². The fourth-order valence-corrected chi connectivity index (χ4v) is 4.95. The van der Waals surface area contributed by atoms with Crippen LogP contribution < -0.4 is 0 Å². The summed E-state index contributed by atoms with van der Waals surface area (Å²) >= 11 is 0. The molecule has 0 radical (unpaired) electrons. The Morgan fingerprint density at radius 2 is 1.59 bits per heavy atom. The van der Waals surface area contributed by atoms with Gasteiger partial charge in [0.05, 0.1) is 11.5 Å². The molecule has 0 unspecified atom stereocenters. The number of nitrogens with zero attached hydrogens (tertiary/aromatic N) is 2. The van der Waals surface area contributed by atoms with Gasteiger partial charge in [-0.1, -0.05) is 17.7 Å². The summed E-state index contributed by atoms with van der Waals surface area (Å²) in [5.74, 6) is 0. The van der Waals surface area contributed by atoms with Crippen molar-refractivity contribution < 1.29 is 13.2 Å². The molecule has 124 valence electrons. The monoisotopic (exact) mass is 326 g/mol. The number of sulfonamides is 1. The van der Waals surface area contributed by atoms with Gasteiger partial charge in [-0.25, -0.2) is 8.42 Å². The lowest BCUT2D eigenvalue weighted by molar-refractivity contribution is 0.123. The molecule has 0 atom stereocenters. The highest BCUT2D eigenvalue weighted by molar-refractivity contribution is 7.89. The molecule has 0 aliphatic carbocycles. The number of aryl methyl sites for hydroxylation is 3. The summed E-state index contributed by atoms with van der Waals surface area (Å²) in [6.45, 7) is 9.88. The van der Waals surface area contributed by atoms with Gasteiger partial charge in [-0.05, 0) is 31.9 Å². The molecule has 0 aromatic heterocycles. The van der Waals surface area contributed by atoms with E-state index in [1.807, 2.05) is 32.9 Å². The summed E-state index contributed by atoms with van der Waals surface area (Å²) in [5.41, 5.74) is 2.76. The predicted octanol–water partition coefficient (Wildman–Crippen LogP) is 1.56. The third-order valence-electron chi connectivity index (χ3n) is 4.15. The lowest BCUT2D eigenvalue weighted by Gasteiger charge is -2.34. The quantitative estimate of drug-likeness (QED) is 0.824. The summed E-state index contributed by atoms with van der Waals surface area (Å²) in [6, 6.07) is 3.88. The van der Waals surface area contributed by atoms with Crippen LogP contribution in [0.5, 0.6) is 0 Å². The maximum atomic E-state index is 12.9. The molecule has 1 aromatic carbocycles. The summed E-state index contributed by atoms with van der Waals surface area (Å²) < 4.78 is 32.6. The Kier molecular flexibility index (Phi) is 5.60. The van der Waals surface area contributed by atoms with E-state index in [1.165, 1.54) is 0 Å². The highest BCUT2D eigenvalue weighted by Crippen LogP contribution is 2.25. The molecule has 1 heterocycles. The van der Waals surface area contributed by atoms with Crippen molar-refractivity contribution in [1.82, 2.24) is 9.21 Å². The molecule has 0 spiro atoms. The highest BCUT2D eigenvalue weighted by atomic mass is 32.2. The molecule has 0 N–H and O–H groups in total. The fourth-order valence-electron chi connectivity index (χ4n) is 3.12. The van der Waals surface area contributed by atoms with Gasteiger partial charge in [-0.2, -0.15) is 4.31 Å². The van der Waals surface area contributed by atoms with E-state index in [2.05, 4.69) is 4.90 Å². The van der Waals surface area contributed by atoms with Crippen molar-refractivity contribution in [3.05, 3.63) is 28.8 Å². The van der Waals surface area contributed by atoms with Gasteiger partial charge in [0, 0.05) is 39.8 Å². The van der Waals surface area contributed by atoms with Crippen LogP contribution in [0.2, 0.25) is 0 Å². The van der Waals surface area contributed by atoms with Crippen LogP contribution in [0.25, 0.3) is 0 Å². The van der Waals surface area contributed by atoms with E-state index in [1.54, 1.807) is 11.4 Å². The summed E-state index contributed by atoms with van der Waals surface area (Å²) in [4.78, 5) is 2.72. The lowest BCUT2D eigenvalue weighted by Crippen LogP contribution is -2.49. The van der Waals surface area contributed by atoms with Crippen LogP contribution in [0.1, 0.15) is 16.7 Å². The third-order valence-corrected chi connectivity index (χ3v) is 6.35. The summed E-state index contributed by atoms with van der Waals surface area (Å²) in [6.07, 6.45) is 0. The molecule has 1 fully saturated rings. The second kappa shape index (κ2) is 7.08. The van der Waals surface area contributed by atoms with E-state index in [0.717, 1.165) is 36.3 Å². The molecule has 1 aliphatic heterocycles. The Bertz CT molecular complexity index is 597. The molecule has 6 heteroatoms. The normalized spacial score (nSPS) is 17.8. The average Bonchev–Trinajstić information content (AvgIpc) is 2.44. The smallest absolute Gasteiger partial charge is 0.243 e. The van der Waals surface area contributed by atoms with E-state index in [9.17, 15) is 8.42 Å². The lowest BCUT2D eigenvalue weighted by atomic mass is 10.1. The van der Waals surface area contributed by atoms with Crippen LogP contribution in [-0.2, 0) is 14.8 Å². The maximum absolute atomic E-state index is 12.9. The van der Waals surface area contributed by atoms with Crippen LogP contribution in [0.15, 0.2) is 17.0 Å². The number of methoxy groups -OCH3 is 1. The van der Waals surface area contributed by atoms with Crippen molar-refractivity contribution in [3.63, 3.8) is 0 Å². The van der Waals surface area contributed by atoms with E-state index < -0.39 is 10.0 Å². The van der Waals surface area contributed by atoms with Crippen molar-refractivity contribution in [2.45, 2.75) is 25.7 Å². The average molecular weight is 326 g/mol. The van der Waals surface area contributed by atoms with Crippen molar-refractivity contribution in [3.8, 4) is 0 Å². The molecule has 1 saturated heterocycles. The highest BCUT2D eigenvalue weighted by Gasteiger charge is 2.30. The zero-order valence-corrected chi connectivity index (χ0v) is 14.7. The van der Waals surface area contributed by atoms with E-state index in [0.29, 0.717) is 24.6 Å². The molecular formula is C16H26N2O3S. The SMILES string of the molecule is COCCN1CCN(S(=O)(=O)c2c(C)cc(C)cc2C)CC1. The Hall–Kier alpha value is -0.950. The van der Waals surface area contributed by atoms with Crippen LogP contribution >= 0.6 is 0 Å². The van der Waals surface area contributed by atoms with Gasteiger partial charge in [0.15, 0.2) is 0 Å². The number of piperazine rings is 1. The van der Waals surface area contributed by atoms with E-state index in [4.69, 9.17) is 4.74 Å². The molecule has 0 bridgehead atoms. The number of rotatable bonds is 5. The first-order valence-electron chi connectivity index (χ1n) is 7.65. The largest absolute Gasteiger partial charge is 0.383 e. The molecule has 22 heavy (non-hydrogen) atoms. The van der Waals surface area contributed by atoms with Crippen LogP contribution in [0.4, 0.5) is 0 Å². The van der Waals surface area contributed by atoms with Crippen LogP contribution in [-0.4, -0.2) is 64.1 Å². The number of hydrogen-bond donors (Lipinski definition) is 0. The maximum Gasteiger partial charge on any atom is 0.243 e. The molecule has 0 amide bonds. The summed E-state index contributed by atoms with van der Waals surface area (Å²) in [5, 5.41) is 0. The Labute approximate surface area is 133 Å². The van der Waals surface area contributed by atoms with Crippen molar-refractivity contribution >= 4 is 10.0 Å². The standard InChI is InChI=1S/C16H26N2O3S/c1-13-11-14(2)16(15(3)12-13)22(19,20)18-7-5-17(6-8-18)9-10-21-4/h11-12H,5-10H2,1-4H3. The molecule has 0 saturated carbocycles. The van der Waals surface area contributed by atoms with Gasteiger partial charge in [0.2, 0.25) is 10.0 Å². The Morgan fingerprint density at radius 1 is 1.05 bits per heavy atom. The topological polar surface area (TPSA) is 49.9 Å². The first kappa shape index (κ1) is 17.4. The molecular weight excluding hydrogens is 300 g/mol. The van der Waals surface area contributed by atoms with Gasteiger partial charge in [-0.15, -0.1) is 0 Å². The zero-order chi connectivity index (χ0) is 16.3. The Balaban J connectivity index is 2.16. The zero-order valence-electron chi connectivity index (χ0n) is 13.9. The minimum absolute atomic E-state index is 0.475. The third kappa shape index (κ3) is 3.68.